The Morgan fingerprint density at radius 2 is 1.72 bits per heavy atom. The molecule has 1 unspecified atom stereocenters. The number of methoxy groups -OCH3 is 1. The fraction of sp³-hybridized carbons (Fsp3) is 0.600. The minimum atomic E-state index is -0.621. The second-order valence-electron chi connectivity index (χ2n) is 16.3. The molecule has 1 aliphatic heterocycles. The van der Waals surface area contributed by atoms with Gasteiger partial charge < -0.3 is 14.6 Å². The largest absolute Gasteiger partial charge is 0.496 e. The summed E-state index contributed by atoms with van der Waals surface area (Å²) >= 11 is 0. The molecular weight excluding hydrogens is 630 g/mol. The molecule has 10 nitrogen and oxygen atoms in total. The van der Waals surface area contributed by atoms with Crippen molar-refractivity contribution >= 4 is 17.8 Å². The van der Waals surface area contributed by atoms with Crippen LogP contribution in [0.4, 0.5) is 10.6 Å². The third-order valence-corrected chi connectivity index (χ3v) is 11.4. The lowest BCUT2D eigenvalue weighted by Gasteiger charge is -2.51. The number of ether oxygens (including phenoxy) is 2. The fourth-order valence-corrected chi connectivity index (χ4v) is 7.84. The number of nitrogens with zero attached hydrogens (tertiary/aromatic N) is 5. The van der Waals surface area contributed by atoms with Gasteiger partial charge in [-0.25, -0.2) is 9.78 Å². The van der Waals surface area contributed by atoms with E-state index in [4.69, 9.17) is 14.5 Å². The van der Waals surface area contributed by atoms with Gasteiger partial charge in [0.05, 0.1) is 37.0 Å². The van der Waals surface area contributed by atoms with Crippen LogP contribution in [0.25, 0.3) is 11.1 Å². The Balaban J connectivity index is 1.16. The normalized spacial score (nSPS) is 25.0. The van der Waals surface area contributed by atoms with Crippen molar-refractivity contribution in [1.82, 2.24) is 19.7 Å². The Labute approximate surface area is 297 Å². The van der Waals surface area contributed by atoms with Gasteiger partial charge in [-0.1, -0.05) is 12.1 Å². The molecule has 270 valence electrons. The molecule has 1 saturated heterocycles. The summed E-state index contributed by atoms with van der Waals surface area (Å²) in [6, 6.07) is 10.6. The number of amides is 2. The average molecular weight is 686 g/mol. The molecule has 3 aliphatic rings. The first-order chi connectivity index (χ1) is 23.7. The maximum Gasteiger partial charge on any atom is 0.410 e. The van der Waals surface area contributed by atoms with Gasteiger partial charge in [-0.15, -0.1) is 0 Å². The van der Waals surface area contributed by atoms with Crippen LogP contribution in [0.3, 0.4) is 0 Å². The van der Waals surface area contributed by atoms with Gasteiger partial charge in [-0.05, 0) is 140 Å². The number of hydrogen-bond donors (Lipinski definition) is 1. The lowest BCUT2D eigenvalue weighted by Crippen LogP contribution is -2.69. The maximum atomic E-state index is 14.5. The number of pyridine rings is 1. The molecule has 1 atom stereocenters. The number of aryl methyl sites for hydroxylation is 1. The van der Waals surface area contributed by atoms with Crippen molar-refractivity contribution in [3.8, 4) is 16.9 Å². The number of rotatable bonds is 8. The van der Waals surface area contributed by atoms with E-state index < -0.39 is 11.6 Å². The maximum absolute atomic E-state index is 14.5. The number of carbonyl (C=O) groups is 2. The standard InChI is InChI=1S/C40H55N5O5/c1-26-20-30(14-17-34(26)49-7)28-10-8-27(9-11-28)23-43(36-21-31(18-19-41-36)32-22-42-45(24-32)39(2,3)4)37(47)29-12-15-33(16-13-29)50-38(48)44-25-35(46)40(44,5)6/h14,17-22,24,27-29,33,35,46H,8-13,15-16,23,25H2,1-7H3/t27-,28-,29-,33-,35?. The zero-order chi connectivity index (χ0) is 35.8. The molecule has 3 fully saturated rings. The predicted molar refractivity (Wildman–Crippen MR) is 194 cm³/mol. The van der Waals surface area contributed by atoms with Crippen molar-refractivity contribution < 1.29 is 24.2 Å². The van der Waals surface area contributed by atoms with Crippen LogP contribution < -0.4 is 9.64 Å². The van der Waals surface area contributed by atoms with Gasteiger partial charge in [0.25, 0.3) is 0 Å². The second-order valence-corrected chi connectivity index (χ2v) is 16.3. The van der Waals surface area contributed by atoms with Crippen LogP contribution >= 0.6 is 0 Å². The molecule has 6 rings (SSSR count). The predicted octanol–water partition coefficient (Wildman–Crippen LogP) is 7.47. The summed E-state index contributed by atoms with van der Waals surface area (Å²) < 4.78 is 13.3. The van der Waals surface area contributed by atoms with Crippen molar-refractivity contribution in [3.63, 3.8) is 0 Å². The first-order valence-electron chi connectivity index (χ1n) is 18.4. The van der Waals surface area contributed by atoms with Crippen LogP contribution in [0, 0.1) is 18.8 Å². The van der Waals surface area contributed by atoms with E-state index in [2.05, 4.69) is 57.2 Å². The highest BCUT2D eigenvalue weighted by Gasteiger charge is 2.49. The minimum Gasteiger partial charge on any atom is -0.496 e. The third kappa shape index (κ3) is 7.55. The molecule has 0 bridgehead atoms. The number of aromatic nitrogens is 3. The monoisotopic (exact) mass is 685 g/mol. The SMILES string of the molecule is COc1ccc([C@H]2CC[C@H](CN(c3cc(-c4cnn(C(C)(C)C)c4)ccn3)C(=O)[C@H]3CC[C@H](OC(=O)N4CC(O)C4(C)C)CC3)CC2)cc1C. The Bertz CT molecular complexity index is 1660. The summed E-state index contributed by atoms with van der Waals surface area (Å²) in [5.74, 6) is 2.41. The Kier molecular flexibility index (Phi) is 10.3. The van der Waals surface area contributed by atoms with Crippen molar-refractivity contribution in [3.05, 3.63) is 60.0 Å². The first-order valence-corrected chi connectivity index (χ1v) is 18.4. The highest BCUT2D eigenvalue weighted by Crippen LogP contribution is 2.39. The molecule has 0 spiro atoms. The number of aliphatic hydroxyl groups excluding tert-OH is 1. The summed E-state index contributed by atoms with van der Waals surface area (Å²) in [5, 5.41) is 14.7. The summed E-state index contributed by atoms with van der Waals surface area (Å²) in [6.07, 6.45) is 11.4. The van der Waals surface area contributed by atoms with Crippen molar-refractivity contribution in [2.75, 3.05) is 25.1 Å². The van der Waals surface area contributed by atoms with Crippen molar-refractivity contribution in [2.45, 2.75) is 122 Å². The van der Waals surface area contributed by atoms with E-state index in [1.807, 2.05) is 41.8 Å². The van der Waals surface area contributed by atoms with E-state index in [-0.39, 0.29) is 29.6 Å². The fourth-order valence-electron chi connectivity index (χ4n) is 7.84. The van der Waals surface area contributed by atoms with Crippen LogP contribution in [-0.2, 0) is 15.1 Å². The van der Waals surface area contributed by atoms with E-state index in [1.165, 1.54) is 5.56 Å². The summed E-state index contributed by atoms with van der Waals surface area (Å²) in [4.78, 5) is 35.6. The van der Waals surface area contributed by atoms with Crippen LogP contribution in [0.15, 0.2) is 48.9 Å². The molecule has 3 aromatic rings. The number of hydrogen-bond acceptors (Lipinski definition) is 7. The lowest BCUT2D eigenvalue weighted by atomic mass is 9.78. The average Bonchev–Trinajstić information content (AvgIpc) is 3.62. The molecule has 0 radical (unpaired) electrons. The van der Waals surface area contributed by atoms with Gasteiger partial charge in [-0.2, -0.15) is 5.10 Å². The highest BCUT2D eigenvalue weighted by molar-refractivity contribution is 5.94. The molecule has 10 heteroatoms. The zero-order valence-electron chi connectivity index (χ0n) is 30.9. The number of benzene rings is 1. The quantitative estimate of drug-likeness (QED) is 0.262. The molecule has 1 N–H and O–H groups in total. The molecule has 2 amide bonds. The zero-order valence-corrected chi connectivity index (χ0v) is 30.9. The van der Waals surface area contributed by atoms with Crippen LogP contribution in [0.1, 0.15) is 103 Å². The van der Waals surface area contributed by atoms with E-state index in [0.717, 1.165) is 48.1 Å². The number of likely N-dealkylation sites (tertiary alicyclic amines) is 1. The summed E-state index contributed by atoms with van der Waals surface area (Å²) in [5.41, 5.74) is 3.74. The van der Waals surface area contributed by atoms with Gasteiger partial charge in [0.2, 0.25) is 5.91 Å². The van der Waals surface area contributed by atoms with Gasteiger partial charge in [0.15, 0.2) is 0 Å². The van der Waals surface area contributed by atoms with E-state index in [1.54, 1.807) is 18.2 Å². The minimum absolute atomic E-state index is 0.102. The number of carbonyl (C=O) groups excluding carboxylic acids is 2. The molecular formula is C40H55N5O5. The van der Waals surface area contributed by atoms with Gasteiger partial charge in [-0.3, -0.25) is 19.3 Å². The van der Waals surface area contributed by atoms with E-state index in [9.17, 15) is 14.7 Å². The Hall–Kier alpha value is -3.92. The first kappa shape index (κ1) is 35.9. The van der Waals surface area contributed by atoms with Crippen LogP contribution in [0.2, 0.25) is 0 Å². The van der Waals surface area contributed by atoms with Gasteiger partial charge in [0, 0.05) is 30.4 Å². The lowest BCUT2D eigenvalue weighted by molar-refractivity contribution is -0.125. The number of β-amino-alcohol motifs (C(OH)–C–C–N with tert-alkyl or cyclic N) is 1. The molecule has 50 heavy (non-hydrogen) atoms. The molecule has 2 aromatic heterocycles. The van der Waals surface area contributed by atoms with Gasteiger partial charge >= 0.3 is 6.09 Å². The third-order valence-electron chi connectivity index (χ3n) is 11.4. The molecule has 2 saturated carbocycles. The van der Waals surface area contributed by atoms with E-state index >= 15 is 0 Å². The van der Waals surface area contributed by atoms with Crippen molar-refractivity contribution in [1.29, 1.82) is 0 Å². The van der Waals surface area contributed by atoms with E-state index in [0.29, 0.717) is 56.4 Å². The number of aliphatic hydroxyl groups is 1. The molecule has 3 heterocycles. The second kappa shape index (κ2) is 14.4. The Morgan fingerprint density at radius 1 is 1.00 bits per heavy atom. The topological polar surface area (TPSA) is 110 Å². The number of anilines is 1. The summed E-state index contributed by atoms with van der Waals surface area (Å²) in [7, 11) is 1.71. The highest BCUT2D eigenvalue weighted by atomic mass is 16.6. The molecule has 1 aromatic carbocycles. The van der Waals surface area contributed by atoms with Gasteiger partial charge in [0.1, 0.15) is 17.7 Å². The van der Waals surface area contributed by atoms with Crippen LogP contribution in [0.5, 0.6) is 5.75 Å². The smallest absolute Gasteiger partial charge is 0.410 e. The molecule has 2 aliphatic carbocycles. The Morgan fingerprint density at radius 3 is 2.32 bits per heavy atom. The van der Waals surface area contributed by atoms with Crippen molar-refractivity contribution in [2.24, 2.45) is 11.8 Å². The van der Waals surface area contributed by atoms with Crippen LogP contribution in [-0.4, -0.2) is 74.7 Å². The summed E-state index contributed by atoms with van der Waals surface area (Å²) in [6.45, 7) is 13.1.